The topological polar surface area (TPSA) is 46.5 Å². The average molecular weight is 256 g/mol. The molecule has 2 aromatic carbocycles. The molecule has 98 valence electrons. The first kappa shape index (κ1) is 13.3. The molecule has 0 heterocycles. The lowest BCUT2D eigenvalue weighted by atomic mass is 10.1. The Bertz CT molecular complexity index is 532. The quantitative estimate of drug-likeness (QED) is 0.807. The molecule has 1 N–H and O–H groups in total. The molecule has 0 radical (unpaired) electrons. The molecular formula is C16H16O3. The highest BCUT2D eigenvalue weighted by atomic mass is 16.5. The van der Waals surface area contributed by atoms with Crippen molar-refractivity contribution in [2.24, 2.45) is 0 Å². The summed E-state index contributed by atoms with van der Waals surface area (Å²) in [6.07, 6.45) is 2.38. The van der Waals surface area contributed by atoms with Gasteiger partial charge in [0.15, 0.2) is 0 Å². The van der Waals surface area contributed by atoms with Gasteiger partial charge in [-0.1, -0.05) is 12.1 Å². The summed E-state index contributed by atoms with van der Waals surface area (Å²) in [5.41, 5.74) is 1.76. The molecule has 0 aliphatic rings. The highest BCUT2D eigenvalue weighted by molar-refractivity contribution is 5.74. The third-order valence-corrected chi connectivity index (χ3v) is 2.77. The fourth-order valence-corrected chi connectivity index (χ4v) is 1.80. The SMILES string of the molecule is O=Cc1ccc(Oc2cccc(CCCO)c2)cc1. The summed E-state index contributed by atoms with van der Waals surface area (Å²) in [5, 5.41) is 8.82. The van der Waals surface area contributed by atoms with Crippen LogP contribution in [-0.2, 0) is 6.42 Å². The summed E-state index contributed by atoms with van der Waals surface area (Å²) in [6.45, 7) is 0.193. The Morgan fingerprint density at radius 1 is 1.05 bits per heavy atom. The van der Waals surface area contributed by atoms with E-state index in [9.17, 15) is 4.79 Å². The molecule has 0 unspecified atom stereocenters. The van der Waals surface area contributed by atoms with Crippen LogP contribution in [0.3, 0.4) is 0 Å². The molecule has 0 amide bonds. The first-order valence-electron chi connectivity index (χ1n) is 6.25. The number of rotatable bonds is 6. The van der Waals surface area contributed by atoms with Gasteiger partial charge in [-0.15, -0.1) is 0 Å². The Morgan fingerprint density at radius 3 is 2.53 bits per heavy atom. The van der Waals surface area contributed by atoms with Crippen LogP contribution in [-0.4, -0.2) is 18.0 Å². The van der Waals surface area contributed by atoms with Gasteiger partial charge >= 0.3 is 0 Å². The van der Waals surface area contributed by atoms with Gasteiger partial charge < -0.3 is 9.84 Å². The van der Waals surface area contributed by atoms with Gasteiger partial charge in [0.2, 0.25) is 0 Å². The zero-order valence-corrected chi connectivity index (χ0v) is 10.6. The second-order valence-electron chi connectivity index (χ2n) is 4.26. The second-order valence-corrected chi connectivity index (χ2v) is 4.26. The van der Waals surface area contributed by atoms with E-state index in [0.717, 1.165) is 30.4 Å². The van der Waals surface area contributed by atoms with E-state index in [1.54, 1.807) is 24.3 Å². The lowest BCUT2D eigenvalue weighted by molar-refractivity contribution is 0.112. The molecule has 19 heavy (non-hydrogen) atoms. The lowest BCUT2D eigenvalue weighted by Crippen LogP contribution is -1.91. The zero-order chi connectivity index (χ0) is 13.5. The molecule has 2 aromatic rings. The normalized spacial score (nSPS) is 10.2. The minimum absolute atomic E-state index is 0.193. The van der Waals surface area contributed by atoms with Gasteiger partial charge in [0.25, 0.3) is 0 Å². The molecule has 2 rings (SSSR count). The van der Waals surface area contributed by atoms with E-state index in [1.807, 2.05) is 24.3 Å². The first-order valence-corrected chi connectivity index (χ1v) is 6.25. The fourth-order valence-electron chi connectivity index (χ4n) is 1.80. The van der Waals surface area contributed by atoms with E-state index in [0.29, 0.717) is 11.3 Å². The largest absolute Gasteiger partial charge is 0.457 e. The Balaban J connectivity index is 2.06. The highest BCUT2D eigenvalue weighted by Crippen LogP contribution is 2.22. The van der Waals surface area contributed by atoms with Gasteiger partial charge in [0, 0.05) is 12.2 Å². The van der Waals surface area contributed by atoms with Crippen molar-refractivity contribution in [2.75, 3.05) is 6.61 Å². The van der Waals surface area contributed by atoms with Crippen LogP contribution in [0.1, 0.15) is 22.3 Å². The molecule has 0 aliphatic heterocycles. The molecular weight excluding hydrogens is 240 g/mol. The van der Waals surface area contributed by atoms with Crippen LogP contribution >= 0.6 is 0 Å². The lowest BCUT2D eigenvalue weighted by Gasteiger charge is -2.07. The number of carbonyl (C=O) groups is 1. The van der Waals surface area contributed by atoms with E-state index >= 15 is 0 Å². The third-order valence-electron chi connectivity index (χ3n) is 2.77. The van der Waals surface area contributed by atoms with Gasteiger partial charge in [-0.25, -0.2) is 0 Å². The maximum atomic E-state index is 10.6. The van der Waals surface area contributed by atoms with Gasteiger partial charge in [-0.3, -0.25) is 4.79 Å². The minimum atomic E-state index is 0.193. The first-order chi connectivity index (χ1) is 9.31. The summed E-state index contributed by atoms with van der Waals surface area (Å²) >= 11 is 0. The number of aliphatic hydroxyl groups is 1. The number of hydrogen-bond acceptors (Lipinski definition) is 3. The molecule has 0 atom stereocenters. The second kappa shape index (κ2) is 6.71. The van der Waals surface area contributed by atoms with E-state index in [-0.39, 0.29) is 6.61 Å². The number of carbonyl (C=O) groups excluding carboxylic acids is 1. The number of hydrogen-bond donors (Lipinski definition) is 1. The highest BCUT2D eigenvalue weighted by Gasteiger charge is 2.00. The Labute approximate surface area is 112 Å². The smallest absolute Gasteiger partial charge is 0.150 e. The van der Waals surface area contributed by atoms with Gasteiger partial charge in [0.05, 0.1) is 0 Å². The van der Waals surface area contributed by atoms with Crippen molar-refractivity contribution < 1.29 is 14.6 Å². The van der Waals surface area contributed by atoms with Crippen molar-refractivity contribution >= 4 is 6.29 Å². The summed E-state index contributed by atoms with van der Waals surface area (Å²) in [7, 11) is 0. The van der Waals surface area contributed by atoms with Crippen LogP contribution in [0.2, 0.25) is 0 Å². The standard InChI is InChI=1S/C16H16O3/c17-10-2-4-13-3-1-5-16(11-13)19-15-8-6-14(12-18)7-9-15/h1,3,5-9,11-12,17H,2,4,10H2. The predicted octanol–water partition coefficient (Wildman–Crippen LogP) is 3.22. The van der Waals surface area contributed by atoms with Crippen molar-refractivity contribution in [3.05, 3.63) is 59.7 Å². The fraction of sp³-hybridized carbons (Fsp3) is 0.188. The molecule has 0 fully saturated rings. The summed E-state index contributed by atoms with van der Waals surface area (Å²) in [4.78, 5) is 10.6. The average Bonchev–Trinajstić information content (AvgIpc) is 2.46. The molecule has 0 saturated heterocycles. The Kier molecular flexibility index (Phi) is 4.70. The molecule has 0 spiro atoms. The minimum Gasteiger partial charge on any atom is -0.457 e. The number of aldehydes is 1. The molecule has 0 saturated carbocycles. The number of aryl methyl sites for hydroxylation is 1. The van der Waals surface area contributed by atoms with Crippen molar-refractivity contribution in [1.82, 2.24) is 0 Å². The summed E-state index contributed by atoms with van der Waals surface area (Å²) in [5.74, 6) is 1.46. The zero-order valence-electron chi connectivity index (χ0n) is 10.6. The molecule has 3 nitrogen and oxygen atoms in total. The molecule has 0 bridgehead atoms. The number of ether oxygens (including phenoxy) is 1. The Morgan fingerprint density at radius 2 is 1.84 bits per heavy atom. The van der Waals surface area contributed by atoms with Crippen molar-refractivity contribution in [2.45, 2.75) is 12.8 Å². The van der Waals surface area contributed by atoms with Crippen molar-refractivity contribution in [3.63, 3.8) is 0 Å². The van der Waals surface area contributed by atoms with Crippen LogP contribution in [0.15, 0.2) is 48.5 Å². The van der Waals surface area contributed by atoms with Gasteiger partial charge in [-0.05, 0) is 54.8 Å². The van der Waals surface area contributed by atoms with Gasteiger partial charge in [0.1, 0.15) is 17.8 Å². The summed E-state index contributed by atoms with van der Waals surface area (Å²) < 4.78 is 5.72. The van der Waals surface area contributed by atoms with Crippen LogP contribution in [0, 0.1) is 0 Å². The van der Waals surface area contributed by atoms with E-state index in [1.165, 1.54) is 0 Å². The van der Waals surface area contributed by atoms with Crippen LogP contribution in [0.25, 0.3) is 0 Å². The van der Waals surface area contributed by atoms with Crippen LogP contribution in [0.4, 0.5) is 0 Å². The number of benzene rings is 2. The van der Waals surface area contributed by atoms with Crippen molar-refractivity contribution in [3.8, 4) is 11.5 Å². The Hall–Kier alpha value is -2.13. The number of aliphatic hydroxyl groups excluding tert-OH is 1. The monoisotopic (exact) mass is 256 g/mol. The van der Waals surface area contributed by atoms with E-state index < -0.39 is 0 Å². The molecule has 0 aliphatic carbocycles. The maximum absolute atomic E-state index is 10.6. The van der Waals surface area contributed by atoms with Crippen LogP contribution in [0.5, 0.6) is 11.5 Å². The molecule has 0 aromatic heterocycles. The van der Waals surface area contributed by atoms with Crippen LogP contribution < -0.4 is 4.74 Å². The van der Waals surface area contributed by atoms with E-state index in [4.69, 9.17) is 9.84 Å². The summed E-state index contributed by atoms with van der Waals surface area (Å²) in [6, 6.07) is 14.8. The van der Waals surface area contributed by atoms with Gasteiger partial charge in [-0.2, -0.15) is 0 Å². The van der Waals surface area contributed by atoms with Crippen molar-refractivity contribution in [1.29, 1.82) is 0 Å². The maximum Gasteiger partial charge on any atom is 0.150 e. The van der Waals surface area contributed by atoms with E-state index in [2.05, 4.69) is 0 Å². The predicted molar refractivity (Wildman–Crippen MR) is 73.8 cm³/mol. The third kappa shape index (κ3) is 3.93. The molecule has 3 heteroatoms.